The second-order valence-corrected chi connectivity index (χ2v) is 4.33. The molecule has 1 atom stereocenters. The molecule has 0 N–H and O–H groups in total. The molecule has 0 heterocycles. The molecule has 0 aromatic rings. The van der Waals surface area contributed by atoms with E-state index in [1.54, 1.807) is 0 Å². The smallest absolute Gasteiger partial charge is 0.171 e. The van der Waals surface area contributed by atoms with Gasteiger partial charge in [-0.2, -0.15) is 13.2 Å². The summed E-state index contributed by atoms with van der Waals surface area (Å²) in [5, 5.41) is 0. The van der Waals surface area contributed by atoms with Crippen molar-refractivity contribution in [1.82, 2.24) is 0 Å². The molecule has 1 aliphatic carbocycles. The molecule has 0 aromatic carbocycles. The predicted molar refractivity (Wildman–Crippen MR) is 46.4 cm³/mol. The maximum Gasteiger partial charge on any atom is 0.394 e. The van der Waals surface area contributed by atoms with Crippen LogP contribution in [0.2, 0.25) is 0 Å². The van der Waals surface area contributed by atoms with Gasteiger partial charge < -0.3 is 0 Å². The third-order valence-corrected chi connectivity index (χ3v) is 3.27. The molecule has 0 saturated heterocycles. The Morgan fingerprint density at radius 1 is 1.31 bits per heavy atom. The summed E-state index contributed by atoms with van der Waals surface area (Å²) in [6.07, 6.45) is -1.21. The fourth-order valence-corrected chi connectivity index (χ4v) is 1.55. The topological polar surface area (TPSA) is 0 Å². The van der Waals surface area contributed by atoms with Gasteiger partial charge in [-0.1, -0.05) is 20.3 Å². The molecule has 0 bridgehead atoms. The van der Waals surface area contributed by atoms with Crippen molar-refractivity contribution in [3.05, 3.63) is 0 Å². The van der Waals surface area contributed by atoms with Gasteiger partial charge in [0.05, 0.1) is 5.41 Å². The number of rotatable bonds is 4. The lowest BCUT2D eigenvalue weighted by atomic mass is 9.93. The molecule has 78 valence electrons. The first kappa shape index (κ1) is 10.9. The average molecular weight is 194 g/mol. The lowest BCUT2D eigenvalue weighted by Crippen LogP contribution is -2.24. The highest BCUT2D eigenvalue weighted by Crippen LogP contribution is 2.60. The number of halogens is 3. The van der Waals surface area contributed by atoms with E-state index in [1.165, 1.54) is 0 Å². The Balaban J connectivity index is 2.36. The van der Waals surface area contributed by atoms with Crippen molar-refractivity contribution in [3.8, 4) is 0 Å². The SMILES string of the molecule is CCC(C)CCC1(C(F)(F)F)CC1. The monoisotopic (exact) mass is 194 g/mol. The second-order valence-electron chi connectivity index (χ2n) is 4.33. The van der Waals surface area contributed by atoms with E-state index in [9.17, 15) is 13.2 Å². The molecule has 0 aliphatic heterocycles. The van der Waals surface area contributed by atoms with E-state index < -0.39 is 11.6 Å². The Labute approximate surface area is 77.5 Å². The molecule has 0 spiro atoms. The quantitative estimate of drug-likeness (QED) is 0.630. The summed E-state index contributed by atoms with van der Waals surface area (Å²) in [6, 6.07) is 0. The number of hydrogen-bond donors (Lipinski definition) is 0. The van der Waals surface area contributed by atoms with Crippen LogP contribution in [-0.2, 0) is 0 Å². The van der Waals surface area contributed by atoms with Crippen LogP contribution in [0.5, 0.6) is 0 Å². The van der Waals surface area contributed by atoms with E-state index in [2.05, 4.69) is 0 Å². The fraction of sp³-hybridized carbons (Fsp3) is 1.00. The Bertz CT molecular complexity index is 167. The highest BCUT2D eigenvalue weighted by atomic mass is 19.4. The van der Waals surface area contributed by atoms with Crippen LogP contribution < -0.4 is 0 Å². The van der Waals surface area contributed by atoms with Crippen LogP contribution in [0.15, 0.2) is 0 Å². The molecule has 1 aliphatic rings. The van der Waals surface area contributed by atoms with Gasteiger partial charge in [-0.15, -0.1) is 0 Å². The van der Waals surface area contributed by atoms with E-state index in [1.807, 2.05) is 13.8 Å². The zero-order valence-corrected chi connectivity index (χ0v) is 8.25. The molecule has 0 nitrogen and oxygen atoms in total. The van der Waals surface area contributed by atoms with E-state index in [-0.39, 0.29) is 0 Å². The highest BCUT2D eigenvalue weighted by molar-refractivity contribution is 4.98. The second kappa shape index (κ2) is 3.50. The van der Waals surface area contributed by atoms with Gasteiger partial charge in [-0.05, 0) is 31.6 Å². The van der Waals surface area contributed by atoms with Gasteiger partial charge in [-0.3, -0.25) is 0 Å². The van der Waals surface area contributed by atoms with Gasteiger partial charge >= 0.3 is 6.18 Å². The van der Waals surface area contributed by atoms with Gasteiger partial charge in [0, 0.05) is 0 Å². The first-order valence-electron chi connectivity index (χ1n) is 4.98. The first-order chi connectivity index (χ1) is 5.91. The van der Waals surface area contributed by atoms with Crippen LogP contribution in [0.4, 0.5) is 13.2 Å². The Morgan fingerprint density at radius 3 is 2.15 bits per heavy atom. The maximum absolute atomic E-state index is 12.5. The minimum absolute atomic E-state index is 0.339. The van der Waals surface area contributed by atoms with Crippen molar-refractivity contribution in [2.75, 3.05) is 0 Å². The number of alkyl halides is 3. The first-order valence-corrected chi connectivity index (χ1v) is 4.98. The average Bonchev–Trinajstić information content (AvgIpc) is 2.79. The molecule has 3 heteroatoms. The summed E-state index contributed by atoms with van der Waals surface area (Å²) < 4.78 is 37.4. The van der Waals surface area contributed by atoms with Crippen LogP contribution in [-0.4, -0.2) is 6.18 Å². The fourth-order valence-electron chi connectivity index (χ4n) is 1.55. The molecular formula is C10H17F3. The third-order valence-electron chi connectivity index (χ3n) is 3.27. The Hall–Kier alpha value is -0.210. The van der Waals surface area contributed by atoms with Gasteiger partial charge in [0.15, 0.2) is 0 Å². The van der Waals surface area contributed by atoms with Crippen molar-refractivity contribution >= 4 is 0 Å². The molecule has 1 fully saturated rings. The van der Waals surface area contributed by atoms with E-state index in [0.29, 0.717) is 25.2 Å². The molecule has 0 aromatic heterocycles. The van der Waals surface area contributed by atoms with Crippen LogP contribution >= 0.6 is 0 Å². The summed E-state index contributed by atoms with van der Waals surface area (Å²) in [6.45, 7) is 4.05. The standard InChI is InChI=1S/C10H17F3/c1-3-8(2)4-5-9(6-7-9)10(11,12)13/h8H,3-7H2,1-2H3. The summed E-state index contributed by atoms with van der Waals surface area (Å²) in [4.78, 5) is 0. The molecular weight excluding hydrogens is 177 g/mol. The van der Waals surface area contributed by atoms with E-state index >= 15 is 0 Å². The Morgan fingerprint density at radius 2 is 1.85 bits per heavy atom. The van der Waals surface area contributed by atoms with Crippen molar-refractivity contribution in [3.63, 3.8) is 0 Å². The summed E-state index contributed by atoms with van der Waals surface area (Å²) in [5.74, 6) is 0.430. The molecule has 1 unspecified atom stereocenters. The van der Waals surface area contributed by atoms with Gasteiger partial charge in [0.25, 0.3) is 0 Å². The molecule has 1 saturated carbocycles. The molecule has 0 amide bonds. The van der Waals surface area contributed by atoms with E-state index in [0.717, 1.165) is 12.8 Å². The Kier molecular flexibility index (Phi) is 2.93. The van der Waals surface area contributed by atoms with Crippen LogP contribution in [0.3, 0.4) is 0 Å². The van der Waals surface area contributed by atoms with E-state index in [4.69, 9.17) is 0 Å². The van der Waals surface area contributed by atoms with Crippen molar-refractivity contribution < 1.29 is 13.2 Å². The van der Waals surface area contributed by atoms with Crippen LogP contribution in [0, 0.1) is 11.3 Å². The maximum atomic E-state index is 12.5. The summed E-state index contributed by atoms with van der Waals surface area (Å²) in [5.41, 5.74) is -1.28. The lowest BCUT2D eigenvalue weighted by molar-refractivity contribution is -0.189. The third kappa shape index (κ3) is 2.38. The zero-order chi connectivity index (χ0) is 10.1. The van der Waals surface area contributed by atoms with Crippen LogP contribution in [0.1, 0.15) is 46.0 Å². The molecule has 0 radical (unpaired) electrons. The van der Waals surface area contributed by atoms with Gasteiger partial charge in [0.2, 0.25) is 0 Å². The normalized spacial score (nSPS) is 22.8. The summed E-state index contributed by atoms with van der Waals surface area (Å²) in [7, 11) is 0. The summed E-state index contributed by atoms with van der Waals surface area (Å²) >= 11 is 0. The lowest BCUT2D eigenvalue weighted by Gasteiger charge is -2.20. The van der Waals surface area contributed by atoms with Crippen molar-refractivity contribution in [2.24, 2.45) is 11.3 Å². The van der Waals surface area contributed by atoms with Crippen LogP contribution in [0.25, 0.3) is 0 Å². The minimum atomic E-state index is -3.96. The van der Waals surface area contributed by atoms with Gasteiger partial charge in [-0.25, -0.2) is 0 Å². The largest absolute Gasteiger partial charge is 0.394 e. The molecule has 13 heavy (non-hydrogen) atoms. The minimum Gasteiger partial charge on any atom is -0.171 e. The highest BCUT2D eigenvalue weighted by Gasteiger charge is 2.62. The number of hydrogen-bond acceptors (Lipinski definition) is 0. The predicted octanol–water partition coefficient (Wildman–Crippen LogP) is 4.16. The molecule has 1 rings (SSSR count). The van der Waals surface area contributed by atoms with Crippen molar-refractivity contribution in [2.45, 2.75) is 52.1 Å². The van der Waals surface area contributed by atoms with Crippen molar-refractivity contribution in [1.29, 1.82) is 0 Å². The zero-order valence-electron chi connectivity index (χ0n) is 8.25. The van der Waals surface area contributed by atoms with Gasteiger partial charge in [0.1, 0.15) is 0 Å².